The summed E-state index contributed by atoms with van der Waals surface area (Å²) in [5, 5.41) is 0. The normalized spacial score (nSPS) is 31.2. The number of imidazole rings is 1. The molecule has 1 saturated heterocycles. The molecule has 1 aliphatic carbocycles. The topological polar surface area (TPSA) is 47.1 Å². The van der Waals surface area contributed by atoms with Crippen LogP contribution >= 0.6 is 0 Å². The van der Waals surface area contributed by atoms with Crippen molar-refractivity contribution in [3.63, 3.8) is 0 Å². The molecule has 1 saturated carbocycles. The molecular formula is C16H18N2O2. The van der Waals surface area contributed by atoms with Crippen molar-refractivity contribution in [2.24, 2.45) is 11.8 Å². The fourth-order valence-electron chi connectivity index (χ4n) is 3.16. The fourth-order valence-corrected chi connectivity index (χ4v) is 3.16. The van der Waals surface area contributed by atoms with E-state index in [0.29, 0.717) is 24.5 Å². The fraction of sp³-hybridized carbons (Fsp3) is 0.438. The largest absolute Gasteiger partial charge is 0.376 e. The molecule has 2 heterocycles. The van der Waals surface area contributed by atoms with Crippen LogP contribution in [0.15, 0.2) is 42.9 Å². The lowest BCUT2D eigenvalue weighted by molar-refractivity contribution is 0.0291. The van der Waals surface area contributed by atoms with E-state index in [-0.39, 0.29) is 6.10 Å². The first-order valence-electron chi connectivity index (χ1n) is 7.17. The Balaban J connectivity index is 1.23. The van der Waals surface area contributed by atoms with E-state index in [4.69, 9.17) is 9.47 Å². The number of benzene rings is 1. The average Bonchev–Trinajstić information content (AvgIpc) is 2.96. The predicted octanol–water partition coefficient (Wildman–Crippen LogP) is 2.70. The van der Waals surface area contributed by atoms with Crippen molar-refractivity contribution < 1.29 is 9.47 Å². The Bertz CT molecular complexity index is 543. The highest BCUT2D eigenvalue weighted by Crippen LogP contribution is 2.55. The molecule has 1 aromatic carbocycles. The second-order valence-corrected chi connectivity index (χ2v) is 5.66. The summed E-state index contributed by atoms with van der Waals surface area (Å²) in [5.41, 5.74) is 2.33. The van der Waals surface area contributed by atoms with E-state index in [2.05, 4.69) is 22.1 Å². The van der Waals surface area contributed by atoms with Crippen molar-refractivity contribution in [3.05, 3.63) is 54.1 Å². The van der Waals surface area contributed by atoms with E-state index >= 15 is 0 Å². The standard InChI is InChI=1S/C16H18N2O2/c1-2-4-11(5-3-1)8-19-9-13-12-6-15(20-16(12)13)14-7-17-10-18-14/h1-5,7,10,12-13,15-16H,6,8-9H2,(H,17,18)/t12-,13-,15+,16-/m0/s1. The monoisotopic (exact) mass is 270 g/mol. The van der Waals surface area contributed by atoms with Crippen LogP contribution in [0.2, 0.25) is 0 Å². The number of H-pyrrole nitrogens is 1. The van der Waals surface area contributed by atoms with Crippen LogP contribution < -0.4 is 0 Å². The lowest BCUT2D eigenvalue weighted by Gasteiger charge is -2.13. The molecule has 0 bridgehead atoms. The van der Waals surface area contributed by atoms with Crippen molar-refractivity contribution >= 4 is 0 Å². The summed E-state index contributed by atoms with van der Waals surface area (Å²) in [5.74, 6) is 1.25. The molecule has 4 nitrogen and oxygen atoms in total. The molecule has 2 aromatic rings. The molecule has 20 heavy (non-hydrogen) atoms. The van der Waals surface area contributed by atoms with Gasteiger partial charge in [-0.1, -0.05) is 30.3 Å². The Morgan fingerprint density at radius 3 is 2.90 bits per heavy atom. The third-order valence-corrected chi connectivity index (χ3v) is 4.35. The van der Waals surface area contributed by atoms with Crippen molar-refractivity contribution in [3.8, 4) is 0 Å². The van der Waals surface area contributed by atoms with Crippen LogP contribution in [0.25, 0.3) is 0 Å². The lowest BCUT2D eigenvalue weighted by Crippen LogP contribution is -2.09. The van der Waals surface area contributed by atoms with Gasteiger partial charge in [0, 0.05) is 5.92 Å². The Morgan fingerprint density at radius 1 is 1.30 bits per heavy atom. The Labute approximate surface area is 118 Å². The van der Waals surface area contributed by atoms with Gasteiger partial charge in [-0.2, -0.15) is 0 Å². The first kappa shape index (κ1) is 12.1. The van der Waals surface area contributed by atoms with Gasteiger partial charge in [-0.25, -0.2) is 4.98 Å². The maximum atomic E-state index is 6.04. The van der Waals surface area contributed by atoms with Crippen LogP contribution in [-0.2, 0) is 16.1 Å². The van der Waals surface area contributed by atoms with E-state index < -0.39 is 0 Å². The summed E-state index contributed by atoms with van der Waals surface area (Å²) >= 11 is 0. The smallest absolute Gasteiger partial charge is 0.0996 e. The zero-order chi connectivity index (χ0) is 13.4. The predicted molar refractivity (Wildman–Crippen MR) is 73.9 cm³/mol. The second-order valence-electron chi connectivity index (χ2n) is 5.66. The van der Waals surface area contributed by atoms with Crippen LogP contribution in [0.4, 0.5) is 0 Å². The molecule has 4 heteroatoms. The summed E-state index contributed by atoms with van der Waals surface area (Å²) in [6, 6.07) is 10.3. The quantitative estimate of drug-likeness (QED) is 0.908. The lowest BCUT2D eigenvalue weighted by atomic mass is 10.1. The van der Waals surface area contributed by atoms with Crippen LogP contribution in [0, 0.1) is 11.8 Å². The van der Waals surface area contributed by atoms with Crippen molar-refractivity contribution in [1.82, 2.24) is 9.97 Å². The van der Waals surface area contributed by atoms with E-state index in [9.17, 15) is 0 Å². The summed E-state index contributed by atoms with van der Waals surface area (Å²) < 4.78 is 11.8. The number of fused-ring (bicyclic) bond motifs is 1. The molecule has 0 spiro atoms. The highest BCUT2D eigenvalue weighted by Gasteiger charge is 2.58. The van der Waals surface area contributed by atoms with E-state index in [1.807, 2.05) is 24.4 Å². The van der Waals surface area contributed by atoms with Gasteiger partial charge < -0.3 is 14.5 Å². The summed E-state index contributed by atoms with van der Waals surface area (Å²) in [7, 11) is 0. The molecule has 0 radical (unpaired) electrons. The second kappa shape index (κ2) is 5.04. The first-order valence-corrected chi connectivity index (χ1v) is 7.17. The van der Waals surface area contributed by atoms with Gasteiger partial charge in [-0.3, -0.25) is 0 Å². The Hall–Kier alpha value is -1.65. The molecule has 2 aliphatic rings. The summed E-state index contributed by atoms with van der Waals surface area (Å²) in [6.45, 7) is 1.50. The molecule has 0 amide bonds. The molecule has 4 rings (SSSR count). The van der Waals surface area contributed by atoms with Crippen molar-refractivity contribution in [2.45, 2.75) is 25.2 Å². The van der Waals surface area contributed by atoms with Gasteiger partial charge in [0.25, 0.3) is 0 Å². The van der Waals surface area contributed by atoms with Gasteiger partial charge in [0.2, 0.25) is 0 Å². The van der Waals surface area contributed by atoms with Crippen molar-refractivity contribution in [1.29, 1.82) is 0 Å². The minimum Gasteiger partial charge on any atom is -0.376 e. The minimum absolute atomic E-state index is 0.206. The molecular weight excluding hydrogens is 252 g/mol. The van der Waals surface area contributed by atoms with Crippen LogP contribution in [0.1, 0.15) is 23.8 Å². The Kier molecular flexibility index (Phi) is 3.05. The maximum absolute atomic E-state index is 6.04. The van der Waals surface area contributed by atoms with Crippen LogP contribution in [0.5, 0.6) is 0 Å². The average molecular weight is 270 g/mol. The number of ether oxygens (including phenoxy) is 2. The molecule has 1 aromatic heterocycles. The maximum Gasteiger partial charge on any atom is 0.0996 e. The summed E-state index contributed by atoms with van der Waals surface area (Å²) in [6.07, 6.45) is 5.25. The number of nitrogens with zero attached hydrogens (tertiary/aromatic N) is 1. The molecule has 2 fully saturated rings. The molecule has 0 unspecified atom stereocenters. The van der Waals surface area contributed by atoms with Crippen LogP contribution in [-0.4, -0.2) is 22.7 Å². The third kappa shape index (κ3) is 2.25. The third-order valence-electron chi connectivity index (χ3n) is 4.35. The SMILES string of the molecule is c1ccc(COC[C@H]2[C@@H]3C[C@H](c4cnc[nH]4)O[C@H]23)cc1. The number of rotatable bonds is 5. The van der Waals surface area contributed by atoms with E-state index in [1.54, 1.807) is 6.33 Å². The highest BCUT2D eigenvalue weighted by molar-refractivity contribution is 5.14. The number of aromatic nitrogens is 2. The zero-order valence-electron chi connectivity index (χ0n) is 11.2. The minimum atomic E-state index is 0.206. The van der Waals surface area contributed by atoms with Crippen molar-refractivity contribution in [2.75, 3.05) is 6.61 Å². The summed E-state index contributed by atoms with van der Waals surface area (Å²) in [4.78, 5) is 7.18. The number of hydrogen-bond donors (Lipinski definition) is 1. The number of aromatic amines is 1. The first-order chi connectivity index (χ1) is 9.92. The van der Waals surface area contributed by atoms with Crippen LogP contribution in [0.3, 0.4) is 0 Å². The van der Waals surface area contributed by atoms with E-state index in [0.717, 1.165) is 18.7 Å². The van der Waals surface area contributed by atoms with Gasteiger partial charge in [-0.05, 0) is 17.9 Å². The Morgan fingerprint density at radius 2 is 2.20 bits per heavy atom. The molecule has 1 N–H and O–H groups in total. The van der Waals surface area contributed by atoms with Gasteiger partial charge in [0.15, 0.2) is 0 Å². The number of nitrogens with one attached hydrogen (secondary N) is 1. The highest BCUT2D eigenvalue weighted by atomic mass is 16.5. The van der Waals surface area contributed by atoms with E-state index in [1.165, 1.54) is 5.56 Å². The van der Waals surface area contributed by atoms with Gasteiger partial charge in [-0.15, -0.1) is 0 Å². The van der Waals surface area contributed by atoms with Gasteiger partial charge in [0.05, 0.1) is 43.6 Å². The molecule has 1 aliphatic heterocycles. The molecule has 104 valence electrons. The number of hydrogen-bond acceptors (Lipinski definition) is 3. The van der Waals surface area contributed by atoms with Gasteiger partial charge in [0.1, 0.15) is 0 Å². The zero-order valence-corrected chi connectivity index (χ0v) is 11.2. The van der Waals surface area contributed by atoms with Gasteiger partial charge >= 0.3 is 0 Å². The molecule has 4 atom stereocenters.